The molecule has 1 N–H and O–H groups in total. The Kier molecular flexibility index (Phi) is 8.94. The molecule has 0 fully saturated rings. The van der Waals surface area contributed by atoms with Gasteiger partial charge in [0.2, 0.25) is 5.76 Å². The van der Waals surface area contributed by atoms with Crippen LogP contribution in [-0.2, 0) is 9.53 Å². The maximum atomic E-state index is 12.7. The second kappa shape index (κ2) is 13.5. The minimum atomic E-state index is -0.0831. The van der Waals surface area contributed by atoms with Gasteiger partial charge in [0.05, 0.1) is 39.6 Å². The number of benzene rings is 5. The van der Waals surface area contributed by atoms with Gasteiger partial charge in [-0.2, -0.15) is 0 Å². The molecule has 226 valence electrons. The van der Waals surface area contributed by atoms with Crippen LogP contribution in [0.2, 0.25) is 0 Å². The number of aliphatic hydroxyl groups is 1. The summed E-state index contributed by atoms with van der Waals surface area (Å²) in [5, 5.41) is 10.8. The van der Waals surface area contributed by atoms with E-state index in [4.69, 9.17) is 23.7 Å². The minimum Gasteiger partial charge on any atom is -0.497 e. The Morgan fingerprint density at radius 1 is 0.667 bits per heavy atom. The molecule has 0 amide bonds. The molecule has 0 aromatic heterocycles. The Balaban J connectivity index is 1.76. The van der Waals surface area contributed by atoms with Gasteiger partial charge in [0.15, 0.2) is 5.94 Å². The number of hydrogen-bond acceptors (Lipinski definition) is 7. The monoisotopic (exact) mass is 600 g/mol. The molecule has 0 saturated carbocycles. The minimum absolute atomic E-state index is 0.0751. The number of carbonyl (C=O) groups excluding carboxylic acids is 1. The van der Waals surface area contributed by atoms with Crippen LogP contribution in [0.1, 0.15) is 16.7 Å². The first-order valence-electron chi connectivity index (χ1n) is 14.6. The summed E-state index contributed by atoms with van der Waals surface area (Å²) in [5.41, 5.74) is 5.46. The molecular weight excluding hydrogens is 568 g/mol. The molecule has 0 aliphatic carbocycles. The average Bonchev–Trinajstić information content (AvgIpc) is 3.11. The van der Waals surface area contributed by atoms with Crippen molar-refractivity contribution in [3.05, 3.63) is 126 Å². The van der Waals surface area contributed by atoms with E-state index in [1.54, 1.807) is 14.2 Å². The van der Waals surface area contributed by atoms with E-state index < -0.39 is 0 Å². The lowest BCUT2D eigenvalue weighted by atomic mass is 9.82. The van der Waals surface area contributed by atoms with Crippen LogP contribution in [0.5, 0.6) is 23.0 Å². The topological polar surface area (TPSA) is 83.5 Å². The molecule has 0 radical (unpaired) electrons. The molecule has 1 heterocycles. The number of rotatable bonds is 11. The van der Waals surface area contributed by atoms with E-state index in [0.717, 1.165) is 44.3 Å². The van der Waals surface area contributed by atoms with Gasteiger partial charge < -0.3 is 28.8 Å². The lowest BCUT2D eigenvalue weighted by molar-refractivity contribution is 0.0705. The summed E-state index contributed by atoms with van der Waals surface area (Å²) >= 11 is 0. The van der Waals surface area contributed by atoms with Crippen molar-refractivity contribution < 1.29 is 33.6 Å². The number of allylic oxidation sites excluding steroid dienone is 1. The molecule has 7 nitrogen and oxygen atoms in total. The van der Waals surface area contributed by atoms with Gasteiger partial charge in [-0.3, -0.25) is 0 Å². The Bertz CT molecular complexity index is 1890. The van der Waals surface area contributed by atoms with Gasteiger partial charge in [-0.25, -0.2) is 4.79 Å². The van der Waals surface area contributed by atoms with E-state index in [-0.39, 0.29) is 32.2 Å². The molecule has 5 aromatic carbocycles. The highest BCUT2D eigenvalue weighted by Crippen LogP contribution is 2.55. The van der Waals surface area contributed by atoms with E-state index in [1.807, 2.05) is 103 Å². The summed E-state index contributed by atoms with van der Waals surface area (Å²) in [5.74, 6) is 4.55. The summed E-state index contributed by atoms with van der Waals surface area (Å²) in [7, 11) is 3.25. The van der Waals surface area contributed by atoms with Crippen LogP contribution in [0, 0.1) is 0 Å². The van der Waals surface area contributed by atoms with Crippen LogP contribution >= 0.6 is 0 Å². The van der Waals surface area contributed by atoms with E-state index in [0.29, 0.717) is 28.4 Å². The quantitative estimate of drug-likeness (QED) is 0.129. The Hall–Kier alpha value is -5.33. The summed E-state index contributed by atoms with van der Waals surface area (Å²) in [4.78, 5) is 12.7. The molecule has 1 aliphatic heterocycles. The first-order valence-corrected chi connectivity index (χ1v) is 14.6. The normalized spacial score (nSPS) is 12.4. The highest BCUT2D eigenvalue weighted by atomic mass is 16.5. The van der Waals surface area contributed by atoms with Crippen LogP contribution in [0.15, 0.2) is 109 Å². The zero-order valence-corrected chi connectivity index (χ0v) is 25.0. The van der Waals surface area contributed by atoms with Crippen LogP contribution in [-0.4, -0.2) is 51.7 Å². The maximum absolute atomic E-state index is 12.7. The van der Waals surface area contributed by atoms with Gasteiger partial charge in [0, 0.05) is 22.1 Å². The number of fused-ring (bicyclic) bond motifs is 3. The lowest BCUT2D eigenvalue weighted by Gasteiger charge is -2.30. The molecule has 0 saturated heterocycles. The summed E-state index contributed by atoms with van der Waals surface area (Å²) in [6, 6.07) is 33.1. The highest BCUT2D eigenvalue weighted by Gasteiger charge is 2.35. The standard InChI is InChI=1S/C38H32O7/c1-41-28-15-13-27(14-16-28)33-30-18-17-29(42-2)23-31(30)37-36(38(33)44-22-21-43-20-19-39)35(26-11-7-4-8-12-26)34(32(24-40)45-37)25-9-5-3-6-10-25/h3-18,23,39H,19-22H2,1-2H3. The highest BCUT2D eigenvalue weighted by molar-refractivity contribution is 6.16. The van der Waals surface area contributed by atoms with Gasteiger partial charge in [-0.1, -0.05) is 72.8 Å². The first kappa shape index (κ1) is 29.7. The van der Waals surface area contributed by atoms with Crippen LogP contribution < -0.4 is 18.9 Å². The largest absolute Gasteiger partial charge is 0.497 e. The molecular formula is C38H32O7. The third-order valence-electron chi connectivity index (χ3n) is 7.66. The zero-order chi connectivity index (χ0) is 31.2. The van der Waals surface area contributed by atoms with Gasteiger partial charge in [0.25, 0.3) is 0 Å². The Morgan fingerprint density at radius 2 is 1.31 bits per heavy atom. The van der Waals surface area contributed by atoms with Crippen LogP contribution in [0.4, 0.5) is 0 Å². The number of aliphatic hydroxyl groups excluding tert-OH is 1. The molecule has 0 bridgehead atoms. The molecule has 0 unspecified atom stereocenters. The number of ether oxygens (including phenoxy) is 5. The van der Waals surface area contributed by atoms with E-state index in [2.05, 4.69) is 5.94 Å². The zero-order valence-electron chi connectivity index (χ0n) is 25.0. The molecule has 1 aliphatic rings. The lowest BCUT2D eigenvalue weighted by Crippen LogP contribution is -2.15. The third-order valence-corrected chi connectivity index (χ3v) is 7.66. The van der Waals surface area contributed by atoms with Crippen LogP contribution in [0.3, 0.4) is 0 Å². The Morgan fingerprint density at radius 3 is 1.93 bits per heavy atom. The van der Waals surface area contributed by atoms with Crippen molar-refractivity contribution in [1.82, 2.24) is 0 Å². The van der Waals surface area contributed by atoms with Gasteiger partial charge in [-0.15, -0.1) is 0 Å². The number of hydrogen-bond donors (Lipinski definition) is 1. The average molecular weight is 601 g/mol. The fraction of sp³-hybridized carbons (Fsp3) is 0.158. The fourth-order valence-electron chi connectivity index (χ4n) is 5.67. The van der Waals surface area contributed by atoms with Gasteiger partial charge >= 0.3 is 0 Å². The number of methoxy groups -OCH3 is 2. The summed E-state index contributed by atoms with van der Waals surface area (Å²) < 4.78 is 29.9. The fourth-order valence-corrected chi connectivity index (χ4v) is 5.67. The second-order valence-electron chi connectivity index (χ2n) is 10.2. The summed E-state index contributed by atoms with van der Waals surface area (Å²) in [6.45, 7) is 0.583. The van der Waals surface area contributed by atoms with Crippen molar-refractivity contribution in [2.75, 3.05) is 40.6 Å². The van der Waals surface area contributed by atoms with Gasteiger partial charge in [0.1, 0.15) is 29.6 Å². The third kappa shape index (κ3) is 5.80. The Labute approximate surface area is 261 Å². The predicted octanol–water partition coefficient (Wildman–Crippen LogP) is 6.98. The first-order chi connectivity index (χ1) is 22.2. The van der Waals surface area contributed by atoms with Crippen molar-refractivity contribution in [2.45, 2.75) is 0 Å². The van der Waals surface area contributed by atoms with Crippen molar-refractivity contribution in [3.63, 3.8) is 0 Å². The summed E-state index contributed by atoms with van der Waals surface area (Å²) in [6.07, 6.45) is 0. The van der Waals surface area contributed by atoms with Crippen LogP contribution in [0.25, 0.3) is 33.0 Å². The SMILES string of the molecule is COc1ccc(-c2c(OCCOCCO)c3c(c4cc(OC)ccc24)OC(=C=O)C(c2ccccc2)=C3c2ccccc2)cc1. The molecule has 0 atom stereocenters. The van der Waals surface area contributed by atoms with E-state index in [9.17, 15) is 9.90 Å². The van der Waals surface area contributed by atoms with E-state index in [1.165, 1.54) is 0 Å². The molecule has 5 aromatic rings. The molecule has 45 heavy (non-hydrogen) atoms. The van der Waals surface area contributed by atoms with E-state index >= 15 is 0 Å². The smallest absolute Gasteiger partial charge is 0.218 e. The molecule has 0 spiro atoms. The molecule has 6 rings (SSSR count). The molecule has 7 heteroatoms. The second-order valence-corrected chi connectivity index (χ2v) is 10.2. The van der Waals surface area contributed by atoms with Crippen molar-refractivity contribution >= 4 is 27.9 Å². The van der Waals surface area contributed by atoms with Crippen molar-refractivity contribution in [3.8, 4) is 34.1 Å². The van der Waals surface area contributed by atoms with Gasteiger partial charge in [-0.05, 0) is 52.4 Å². The van der Waals surface area contributed by atoms with Crippen molar-refractivity contribution in [1.29, 1.82) is 0 Å². The van der Waals surface area contributed by atoms with Crippen molar-refractivity contribution in [2.24, 2.45) is 0 Å². The predicted molar refractivity (Wildman–Crippen MR) is 175 cm³/mol. The maximum Gasteiger partial charge on any atom is 0.218 e.